The molecule has 0 fully saturated rings. The molecular weight excluding hydrogens is 352 g/mol. The molecule has 8 heteroatoms. The van der Waals surface area contributed by atoms with E-state index >= 15 is 0 Å². The van der Waals surface area contributed by atoms with Crippen molar-refractivity contribution in [2.24, 2.45) is 5.10 Å². The van der Waals surface area contributed by atoms with Crippen LogP contribution in [-0.2, 0) is 10.0 Å². The molecule has 0 aliphatic heterocycles. The van der Waals surface area contributed by atoms with Gasteiger partial charge in [0.05, 0.1) is 16.8 Å². The van der Waals surface area contributed by atoms with Gasteiger partial charge in [0.25, 0.3) is 10.0 Å². The van der Waals surface area contributed by atoms with Gasteiger partial charge in [-0.3, -0.25) is 4.57 Å². The summed E-state index contributed by atoms with van der Waals surface area (Å²) < 4.78 is 26.2. The topological polar surface area (TPSA) is 96.6 Å². The maximum Gasteiger partial charge on any atom is 0.276 e. The van der Waals surface area contributed by atoms with E-state index in [1.807, 2.05) is 37.3 Å². The minimum Gasteiger partial charge on any atom is -0.492 e. The fourth-order valence-electron chi connectivity index (χ4n) is 2.42. The zero-order valence-electron chi connectivity index (χ0n) is 14.3. The summed E-state index contributed by atoms with van der Waals surface area (Å²) in [6.07, 6.45) is 1.26. The van der Waals surface area contributed by atoms with Gasteiger partial charge in [-0.25, -0.2) is 0 Å². The number of hydrogen-bond donors (Lipinski definition) is 2. The summed E-state index contributed by atoms with van der Waals surface area (Å²) in [6.45, 7) is 3.59. The van der Waals surface area contributed by atoms with Gasteiger partial charge in [0, 0.05) is 5.69 Å². The van der Waals surface area contributed by atoms with Crippen LogP contribution in [0, 0.1) is 13.8 Å². The first-order valence-electron chi connectivity index (χ1n) is 7.84. The first-order chi connectivity index (χ1) is 12.4. The van der Waals surface area contributed by atoms with Crippen molar-refractivity contribution in [2.75, 3.05) is 0 Å². The van der Waals surface area contributed by atoms with Crippen molar-refractivity contribution in [3.05, 3.63) is 71.7 Å². The molecule has 0 aliphatic carbocycles. The van der Waals surface area contributed by atoms with Crippen LogP contribution >= 0.6 is 0 Å². The summed E-state index contributed by atoms with van der Waals surface area (Å²) in [7, 11) is -3.78. The Kier molecular flexibility index (Phi) is 4.77. The van der Waals surface area contributed by atoms with E-state index in [4.69, 9.17) is 0 Å². The maximum atomic E-state index is 12.3. The zero-order chi connectivity index (χ0) is 18.7. The van der Waals surface area contributed by atoms with Crippen molar-refractivity contribution in [3.63, 3.8) is 0 Å². The first-order valence-corrected chi connectivity index (χ1v) is 9.32. The standard InChI is InChI=1S/C18H18N4O3S/c1-13-8-10-16(11-9-13)26(24,25)21-19-12-17-20-18(23)14(2)22(17)15-6-4-3-5-7-15/h3-12,21,23H,1-2H3/b19-12-. The molecule has 0 bridgehead atoms. The summed E-state index contributed by atoms with van der Waals surface area (Å²) >= 11 is 0. The van der Waals surface area contributed by atoms with E-state index in [0.29, 0.717) is 11.5 Å². The van der Waals surface area contributed by atoms with Crippen LogP contribution in [0.2, 0.25) is 0 Å². The van der Waals surface area contributed by atoms with E-state index in [9.17, 15) is 13.5 Å². The Labute approximate surface area is 151 Å². The van der Waals surface area contributed by atoms with Crippen LogP contribution in [0.25, 0.3) is 5.69 Å². The normalized spacial score (nSPS) is 11.8. The molecule has 0 aliphatic rings. The average molecular weight is 370 g/mol. The van der Waals surface area contributed by atoms with Gasteiger partial charge >= 0.3 is 0 Å². The quantitative estimate of drug-likeness (QED) is 0.533. The van der Waals surface area contributed by atoms with Crippen molar-refractivity contribution in [3.8, 4) is 11.6 Å². The Balaban J connectivity index is 1.88. The largest absolute Gasteiger partial charge is 0.492 e. The molecule has 0 spiro atoms. The Bertz CT molecular complexity index is 1040. The summed E-state index contributed by atoms with van der Waals surface area (Å²) in [5, 5.41) is 13.7. The number of hydrogen-bond acceptors (Lipinski definition) is 5. The van der Waals surface area contributed by atoms with Gasteiger partial charge in [0.1, 0.15) is 0 Å². The van der Waals surface area contributed by atoms with Crippen LogP contribution in [0.5, 0.6) is 5.88 Å². The van der Waals surface area contributed by atoms with Gasteiger partial charge in [-0.15, -0.1) is 0 Å². The van der Waals surface area contributed by atoms with Crippen LogP contribution in [0.1, 0.15) is 17.1 Å². The number of nitrogens with zero attached hydrogens (tertiary/aromatic N) is 3. The highest BCUT2D eigenvalue weighted by Gasteiger charge is 2.15. The summed E-state index contributed by atoms with van der Waals surface area (Å²) in [4.78, 5) is 6.30. The number of sulfonamides is 1. The van der Waals surface area contributed by atoms with Crippen LogP contribution < -0.4 is 4.83 Å². The van der Waals surface area contributed by atoms with E-state index in [0.717, 1.165) is 11.3 Å². The third-order valence-electron chi connectivity index (χ3n) is 3.81. The van der Waals surface area contributed by atoms with Crippen LogP contribution in [0.3, 0.4) is 0 Å². The third kappa shape index (κ3) is 3.60. The number of imidazole rings is 1. The number of rotatable bonds is 5. The fraction of sp³-hybridized carbons (Fsp3) is 0.111. The van der Waals surface area contributed by atoms with E-state index in [-0.39, 0.29) is 10.8 Å². The molecule has 0 saturated heterocycles. The lowest BCUT2D eigenvalue weighted by atomic mass is 10.2. The molecule has 26 heavy (non-hydrogen) atoms. The van der Waals surface area contributed by atoms with Crippen molar-refractivity contribution in [2.45, 2.75) is 18.7 Å². The van der Waals surface area contributed by atoms with Crippen molar-refractivity contribution >= 4 is 16.2 Å². The molecule has 0 atom stereocenters. The average Bonchev–Trinajstić information content (AvgIpc) is 2.90. The minimum absolute atomic E-state index is 0.116. The van der Waals surface area contributed by atoms with Gasteiger partial charge in [-0.05, 0) is 38.1 Å². The third-order valence-corrected chi connectivity index (χ3v) is 5.05. The Morgan fingerprint density at radius 3 is 2.38 bits per heavy atom. The summed E-state index contributed by atoms with van der Waals surface area (Å²) in [5.41, 5.74) is 2.27. The van der Waals surface area contributed by atoms with Gasteiger partial charge in [-0.1, -0.05) is 35.9 Å². The molecular formula is C18H18N4O3S. The molecule has 1 heterocycles. The molecule has 3 rings (SSSR count). The second kappa shape index (κ2) is 7.01. The molecule has 2 N–H and O–H groups in total. The molecule has 0 radical (unpaired) electrons. The number of nitrogens with one attached hydrogen (secondary N) is 1. The van der Waals surface area contributed by atoms with E-state index < -0.39 is 10.0 Å². The number of aromatic hydroxyl groups is 1. The lowest BCUT2D eigenvalue weighted by Gasteiger charge is -2.07. The van der Waals surface area contributed by atoms with Gasteiger partial charge in [0.15, 0.2) is 5.82 Å². The molecule has 0 amide bonds. The van der Waals surface area contributed by atoms with Gasteiger partial charge < -0.3 is 5.11 Å². The predicted octanol–water partition coefficient (Wildman–Crippen LogP) is 2.51. The first kappa shape index (κ1) is 17.7. The van der Waals surface area contributed by atoms with Crippen LogP contribution in [0.4, 0.5) is 0 Å². The smallest absolute Gasteiger partial charge is 0.276 e. The molecule has 134 valence electrons. The number of para-hydroxylation sites is 1. The van der Waals surface area contributed by atoms with Crippen molar-refractivity contribution < 1.29 is 13.5 Å². The van der Waals surface area contributed by atoms with E-state index in [1.54, 1.807) is 23.6 Å². The van der Waals surface area contributed by atoms with E-state index in [1.165, 1.54) is 18.3 Å². The summed E-state index contributed by atoms with van der Waals surface area (Å²) in [5.74, 6) is 0.162. The van der Waals surface area contributed by atoms with E-state index in [2.05, 4.69) is 14.9 Å². The molecule has 2 aromatic carbocycles. The molecule has 0 saturated carbocycles. The SMILES string of the molecule is Cc1ccc(S(=O)(=O)N/N=C\c2nc(O)c(C)n2-c2ccccc2)cc1. The predicted molar refractivity (Wildman–Crippen MR) is 99.1 cm³/mol. The zero-order valence-corrected chi connectivity index (χ0v) is 15.1. The highest BCUT2D eigenvalue weighted by atomic mass is 32.2. The van der Waals surface area contributed by atoms with Gasteiger partial charge in [-0.2, -0.15) is 23.3 Å². The highest BCUT2D eigenvalue weighted by molar-refractivity contribution is 7.89. The Morgan fingerprint density at radius 2 is 1.73 bits per heavy atom. The second-order valence-electron chi connectivity index (χ2n) is 5.72. The number of aromatic nitrogens is 2. The highest BCUT2D eigenvalue weighted by Crippen LogP contribution is 2.21. The monoisotopic (exact) mass is 370 g/mol. The van der Waals surface area contributed by atoms with Crippen molar-refractivity contribution in [1.29, 1.82) is 0 Å². The van der Waals surface area contributed by atoms with Gasteiger partial charge in [0.2, 0.25) is 5.88 Å². The fourth-order valence-corrected chi connectivity index (χ4v) is 3.22. The minimum atomic E-state index is -3.78. The summed E-state index contributed by atoms with van der Waals surface area (Å²) in [6, 6.07) is 15.7. The molecule has 0 unspecified atom stereocenters. The maximum absolute atomic E-state index is 12.3. The lowest BCUT2D eigenvalue weighted by molar-refractivity contribution is 0.451. The lowest BCUT2D eigenvalue weighted by Crippen LogP contribution is -2.18. The number of benzene rings is 2. The second-order valence-corrected chi connectivity index (χ2v) is 7.38. The molecule has 3 aromatic rings. The number of aryl methyl sites for hydroxylation is 1. The Hall–Kier alpha value is -3.13. The molecule has 7 nitrogen and oxygen atoms in total. The van der Waals surface area contributed by atoms with Crippen LogP contribution in [0.15, 0.2) is 64.6 Å². The van der Waals surface area contributed by atoms with Crippen molar-refractivity contribution in [1.82, 2.24) is 14.4 Å². The molecule has 1 aromatic heterocycles. The Morgan fingerprint density at radius 1 is 1.08 bits per heavy atom. The number of hydrazone groups is 1. The van der Waals surface area contributed by atoms with Crippen LogP contribution in [-0.4, -0.2) is 29.3 Å².